The highest BCUT2D eigenvalue weighted by Crippen LogP contribution is 2.31. The first-order valence-corrected chi connectivity index (χ1v) is 5.44. The minimum atomic E-state index is -0.334. The van der Waals surface area contributed by atoms with E-state index in [2.05, 4.69) is 12.7 Å². The van der Waals surface area contributed by atoms with E-state index in [1.54, 1.807) is 6.07 Å². The molecule has 1 aliphatic carbocycles. The van der Waals surface area contributed by atoms with Gasteiger partial charge in [-0.1, -0.05) is 18.7 Å². The fourth-order valence-electron chi connectivity index (χ4n) is 1.98. The molecule has 1 aliphatic rings. The first-order valence-electron chi connectivity index (χ1n) is 5.44. The zero-order chi connectivity index (χ0) is 11.5. The number of ether oxygens (including phenoxy) is 1. The van der Waals surface area contributed by atoms with Gasteiger partial charge in [-0.3, -0.25) is 0 Å². The maximum atomic E-state index is 13.5. The molecule has 0 atom stereocenters. The molecule has 0 saturated carbocycles. The van der Waals surface area contributed by atoms with Gasteiger partial charge in [0.2, 0.25) is 0 Å². The van der Waals surface area contributed by atoms with Crippen molar-refractivity contribution in [2.45, 2.75) is 19.3 Å². The predicted octanol–water partition coefficient (Wildman–Crippen LogP) is 3.96. The third-order valence-corrected chi connectivity index (χ3v) is 2.93. The van der Waals surface area contributed by atoms with E-state index in [1.165, 1.54) is 25.2 Å². The lowest BCUT2D eigenvalue weighted by Crippen LogP contribution is -1.91. The molecule has 0 fully saturated rings. The summed E-state index contributed by atoms with van der Waals surface area (Å²) >= 11 is 0. The van der Waals surface area contributed by atoms with Crippen molar-refractivity contribution in [2.24, 2.45) is 0 Å². The molecule has 0 unspecified atom stereocenters. The Morgan fingerprint density at radius 1 is 1.44 bits per heavy atom. The zero-order valence-electron chi connectivity index (χ0n) is 9.42. The van der Waals surface area contributed by atoms with Gasteiger partial charge in [-0.25, -0.2) is 4.39 Å². The third kappa shape index (κ3) is 2.01. The van der Waals surface area contributed by atoms with Crippen LogP contribution in [0.2, 0.25) is 0 Å². The van der Waals surface area contributed by atoms with Gasteiger partial charge in [0.25, 0.3) is 0 Å². The number of allylic oxidation sites excluding steroid dienone is 3. The Balaban J connectivity index is 2.27. The molecule has 1 aromatic rings. The van der Waals surface area contributed by atoms with Crippen molar-refractivity contribution < 1.29 is 9.13 Å². The predicted molar refractivity (Wildman–Crippen MR) is 63.9 cm³/mol. The summed E-state index contributed by atoms with van der Waals surface area (Å²) in [6.07, 6.45) is 5.51. The number of halogens is 1. The van der Waals surface area contributed by atoms with E-state index in [4.69, 9.17) is 4.74 Å². The van der Waals surface area contributed by atoms with Crippen molar-refractivity contribution in [1.29, 1.82) is 0 Å². The molecule has 0 aromatic heterocycles. The molecule has 0 heterocycles. The molecule has 16 heavy (non-hydrogen) atoms. The number of hydrogen-bond acceptors (Lipinski definition) is 1. The van der Waals surface area contributed by atoms with Crippen LogP contribution in [0.3, 0.4) is 0 Å². The molecular weight excluding hydrogens is 203 g/mol. The van der Waals surface area contributed by atoms with Crippen molar-refractivity contribution in [3.05, 3.63) is 47.8 Å². The lowest BCUT2D eigenvalue weighted by Gasteiger charge is -2.09. The molecule has 2 heteroatoms. The van der Waals surface area contributed by atoms with Crippen LogP contribution in [0.1, 0.15) is 24.8 Å². The van der Waals surface area contributed by atoms with E-state index in [0.717, 1.165) is 24.0 Å². The maximum absolute atomic E-state index is 13.5. The zero-order valence-corrected chi connectivity index (χ0v) is 9.42. The Bertz CT molecular complexity index is 446. The second-order valence-corrected chi connectivity index (χ2v) is 3.95. The van der Waals surface area contributed by atoms with Gasteiger partial charge in [-0.15, -0.1) is 0 Å². The highest BCUT2D eigenvalue weighted by molar-refractivity contribution is 5.77. The van der Waals surface area contributed by atoms with Crippen LogP contribution in [0.4, 0.5) is 4.39 Å². The van der Waals surface area contributed by atoms with Crippen LogP contribution in [0, 0.1) is 5.82 Å². The van der Waals surface area contributed by atoms with Crippen molar-refractivity contribution in [3.63, 3.8) is 0 Å². The highest BCUT2D eigenvalue weighted by Gasteiger charge is 2.11. The molecule has 1 aromatic carbocycles. The molecule has 0 spiro atoms. The monoisotopic (exact) mass is 218 g/mol. The van der Waals surface area contributed by atoms with Crippen LogP contribution in [-0.4, -0.2) is 7.11 Å². The average Bonchev–Trinajstić information content (AvgIpc) is 2.81. The Labute approximate surface area is 95.2 Å². The van der Waals surface area contributed by atoms with E-state index < -0.39 is 0 Å². The summed E-state index contributed by atoms with van der Waals surface area (Å²) in [6.45, 7) is 4.03. The molecule has 0 bridgehead atoms. The van der Waals surface area contributed by atoms with Crippen molar-refractivity contribution >= 4 is 5.57 Å². The SMILES string of the molecule is C=C(C1=CCCC1)c1ccc(OC)c(F)c1. The maximum Gasteiger partial charge on any atom is 0.165 e. The molecule has 0 saturated heterocycles. The van der Waals surface area contributed by atoms with Crippen molar-refractivity contribution in [2.75, 3.05) is 7.11 Å². The van der Waals surface area contributed by atoms with Gasteiger partial charge in [0.05, 0.1) is 7.11 Å². The number of hydrogen-bond donors (Lipinski definition) is 0. The molecule has 84 valence electrons. The van der Waals surface area contributed by atoms with Crippen LogP contribution >= 0.6 is 0 Å². The van der Waals surface area contributed by atoms with Crippen LogP contribution < -0.4 is 4.74 Å². The molecule has 0 N–H and O–H groups in total. The summed E-state index contributed by atoms with van der Waals surface area (Å²) in [5.74, 6) is -0.0586. The Morgan fingerprint density at radius 3 is 2.81 bits per heavy atom. The fraction of sp³-hybridized carbons (Fsp3) is 0.286. The highest BCUT2D eigenvalue weighted by atomic mass is 19.1. The average molecular weight is 218 g/mol. The van der Waals surface area contributed by atoms with E-state index in [9.17, 15) is 4.39 Å². The minimum absolute atomic E-state index is 0.275. The van der Waals surface area contributed by atoms with Crippen molar-refractivity contribution in [1.82, 2.24) is 0 Å². The largest absolute Gasteiger partial charge is 0.494 e. The van der Waals surface area contributed by atoms with Gasteiger partial charge < -0.3 is 4.74 Å². The first kappa shape index (κ1) is 10.9. The normalized spacial score (nSPS) is 14.8. The number of benzene rings is 1. The Hall–Kier alpha value is -1.57. The summed E-state index contributed by atoms with van der Waals surface area (Å²) in [6, 6.07) is 4.98. The molecule has 0 aliphatic heterocycles. The first-order chi connectivity index (χ1) is 7.72. The summed E-state index contributed by atoms with van der Waals surface area (Å²) in [4.78, 5) is 0. The van der Waals surface area contributed by atoms with Crippen molar-refractivity contribution in [3.8, 4) is 5.75 Å². The van der Waals surface area contributed by atoms with Gasteiger partial charge in [0, 0.05) is 0 Å². The second kappa shape index (κ2) is 4.52. The lowest BCUT2D eigenvalue weighted by molar-refractivity contribution is 0.386. The van der Waals surface area contributed by atoms with E-state index in [0.29, 0.717) is 0 Å². The summed E-state index contributed by atoms with van der Waals surface area (Å²) in [7, 11) is 1.46. The summed E-state index contributed by atoms with van der Waals surface area (Å²) < 4.78 is 18.4. The van der Waals surface area contributed by atoms with Crippen LogP contribution in [0.5, 0.6) is 5.75 Å². The third-order valence-electron chi connectivity index (χ3n) is 2.93. The Kier molecular flexibility index (Phi) is 3.09. The molecule has 1 nitrogen and oxygen atoms in total. The van der Waals surface area contributed by atoms with E-state index >= 15 is 0 Å². The van der Waals surface area contributed by atoms with Crippen LogP contribution in [0.15, 0.2) is 36.4 Å². The number of rotatable bonds is 3. The van der Waals surface area contributed by atoms with Gasteiger partial charge in [-0.05, 0) is 48.1 Å². The van der Waals surface area contributed by atoms with Gasteiger partial charge in [0.15, 0.2) is 11.6 Å². The smallest absolute Gasteiger partial charge is 0.165 e. The number of methoxy groups -OCH3 is 1. The molecule has 2 rings (SSSR count). The second-order valence-electron chi connectivity index (χ2n) is 3.95. The van der Waals surface area contributed by atoms with E-state index in [1.807, 2.05) is 6.07 Å². The molecule has 0 amide bonds. The molecule has 0 radical (unpaired) electrons. The van der Waals surface area contributed by atoms with Gasteiger partial charge in [-0.2, -0.15) is 0 Å². The fourth-order valence-corrected chi connectivity index (χ4v) is 1.98. The summed E-state index contributed by atoms with van der Waals surface area (Å²) in [5.41, 5.74) is 3.01. The standard InChI is InChI=1S/C14H15FO/c1-10(11-5-3-4-6-11)12-7-8-14(16-2)13(15)9-12/h5,7-9H,1,3-4,6H2,2H3. The molecular formula is C14H15FO. The Morgan fingerprint density at radius 2 is 2.25 bits per heavy atom. The minimum Gasteiger partial charge on any atom is -0.494 e. The van der Waals surface area contributed by atoms with Gasteiger partial charge >= 0.3 is 0 Å². The lowest BCUT2D eigenvalue weighted by atomic mass is 9.99. The topological polar surface area (TPSA) is 9.23 Å². The van der Waals surface area contributed by atoms with Gasteiger partial charge in [0.1, 0.15) is 0 Å². The quantitative estimate of drug-likeness (QED) is 0.746. The summed E-state index contributed by atoms with van der Waals surface area (Å²) in [5, 5.41) is 0. The van der Waals surface area contributed by atoms with Crippen LogP contribution in [-0.2, 0) is 0 Å². The van der Waals surface area contributed by atoms with Crippen LogP contribution in [0.25, 0.3) is 5.57 Å². The van der Waals surface area contributed by atoms with E-state index in [-0.39, 0.29) is 11.6 Å².